The second kappa shape index (κ2) is 4.11. The van der Waals surface area contributed by atoms with E-state index in [1.807, 2.05) is 0 Å². The Kier molecular flexibility index (Phi) is 3.08. The van der Waals surface area contributed by atoms with Crippen LogP contribution in [0.25, 0.3) is 0 Å². The highest BCUT2D eigenvalue weighted by Gasteiger charge is 2.11. The summed E-state index contributed by atoms with van der Waals surface area (Å²) in [6.07, 6.45) is 4.43. The molecule has 1 aliphatic rings. The lowest BCUT2D eigenvalue weighted by Gasteiger charge is -1.99. The number of carbonyl (C=O) groups is 1. The molecule has 1 rings (SSSR count). The zero-order valence-electron chi connectivity index (χ0n) is 6.40. The monoisotopic (exact) mass is 157 g/mol. The second-order valence-corrected chi connectivity index (χ2v) is 2.71. The van der Waals surface area contributed by atoms with E-state index >= 15 is 0 Å². The van der Waals surface area contributed by atoms with Crippen LogP contribution >= 0.6 is 0 Å². The third-order valence-corrected chi connectivity index (χ3v) is 1.93. The fourth-order valence-electron chi connectivity index (χ4n) is 1.33. The molecule has 0 radical (unpaired) electrons. The van der Waals surface area contributed by atoms with E-state index in [1.54, 1.807) is 0 Å². The van der Waals surface area contributed by atoms with Crippen LogP contribution in [0.4, 0.5) is 4.39 Å². The van der Waals surface area contributed by atoms with Crippen LogP contribution in [0.3, 0.4) is 0 Å². The molecule has 0 aromatic rings. The van der Waals surface area contributed by atoms with Crippen LogP contribution < -0.4 is 5.32 Å². The van der Waals surface area contributed by atoms with Crippen molar-refractivity contribution >= 4 is 6.41 Å². The summed E-state index contributed by atoms with van der Waals surface area (Å²) in [4.78, 5) is 9.82. The lowest BCUT2D eigenvalue weighted by atomic mass is 10.2. The van der Waals surface area contributed by atoms with Crippen molar-refractivity contribution in [3.63, 3.8) is 0 Å². The zero-order valence-corrected chi connectivity index (χ0v) is 6.40. The molecular formula is C8H12FNO. The van der Waals surface area contributed by atoms with Crippen LogP contribution in [-0.2, 0) is 4.79 Å². The van der Waals surface area contributed by atoms with E-state index in [0.29, 0.717) is 6.41 Å². The number of halogens is 1. The Morgan fingerprint density at radius 3 is 2.73 bits per heavy atom. The van der Waals surface area contributed by atoms with Gasteiger partial charge in [-0.3, -0.25) is 4.79 Å². The van der Waals surface area contributed by atoms with Crippen molar-refractivity contribution in [2.45, 2.75) is 25.7 Å². The highest BCUT2D eigenvalue weighted by molar-refractivity contribution is 5.46. The zero-order chi connectivity index (χ0) is 8.10. The van der Waals surface area contributed by atoms with Crippen LogP contribution in [0.2, 0.25) is 0 Å². The van der Waals surface area contributed by atoms with Crippen molar-refractivity contribution in [2.24, 2.45) is 0 Å². The average Bonchev–Trinajstić information content (AvgIpc) is 2.52. The van der Waals surface area contributed by atoms with Crippen molar-refractivity contribution in [3.8, 4) is 0 Å². The van der Waals surface area contributed by atoms with Crippen molar-refractivity contribution < 1.29 is 9.18 Å². The highest BCUT2D eigenvalue weighted by atomic mass is 19.1. The van der Waals surface area contributed by atoms with Crippen LogP contribution in [0.15, 0.2) is 11.4 Å². The van der Waals surface area contributed by atoms with E-state index in [4.69, 9.17) is 0 Å². The van der Waals surface area contributed by atoms with E-state index in [2.05, 4.69) is 5.32 Å². The summed E-state index contributed by atoms with van der Waals surface area (Å²) in [5.74, 6) is -0.144. The fourth-order valence-corrected chi connectivity index (χ4v) is 1.33. The Morgan fingerprint density at radius 1 is 1.55 bits per heavy atom. The second-order valence-electron chi connectivity index (χ2n) is 2.71. The molecule has 1 aliphatic carbocycles. The minimum atomic E-state index is -0.144. The molecule has 0 spiro atoms. The quantitative estimate of drug-likeness (QED) is 0.618. The molecule has 3 heteroatoms. The Hall–Kier alpha value is -0.860. The maximum Gasteiger partial charge on any atom is 0.207 e. The van der Waals surface area contributed by atoms with Crippen molar-refractivity contribution in [2.75, 3.05) is 6.54 Å². The molecule has 0 heterocycles. The highest BCUT2D eigenvalue weighted by Crippen LogP contribution is 2.26. The van der Waals surface area contributed by atoms with Gasteiger partial charge in [-0.05, 0) is 31.3 Å². The molecule has 0 unspecified atom stereocenters. The first-order chi connectivity index (χ1) is 5.34. The Labute approximate surface area is 65.5 Å². The van der Waals surface area contributed by atoms with Crippen molar-refractivity contribution in [3.05, 3.63) is 11.4 Å². The molecule has 11 heavy (non-hydrogen) atoms. The summed E-state index contributed by atoms with van der Waals surface area (Å²) >= 11 is 0. The summed E-state index contributed by atoms with van der Waals surface area (Å²) in [5.41, 5.74) is 0.888. The van der Waals surface area contributed by atoms with Crippen LogP contribution in [-0.4, -0.2) is 13.0 Å². The summed E-state index contributed by atoms with van der Waals surface area (Å²) < 4.78 is 13.0. The summed E-state index contributed by atoms with van der Waals surface area (Å²) in [5, 5.41) is 2.31. The van der Waals surface area contributed by atoms with E-state index < -0.39 is 0 Å². The molecular weight excluding hydrogens is 145 g/mol. The third kappa shape index (κ3) is 2.33. The smallest absolute Gasteiger partial charge is 0.207 e. The molecule has 1 fully saturated rings. The predicted molar refractivity (Wildman–Crippen MR) is 40.7 cm³/mol. The maximum absolute atomic E-state index is 13.0. The standard InChI is InChI=1S/C8H12FNO/c9-8(5-10-6-11)7-3-1-2-4-7/h6H,1-5H2,(H,10,11). The first kappa shape index (κ1) is 8.24. The minimum Gasteiger partial charge on any atom is -0.352 e. The summed E-state index contributed by atoms with van der Waals surface area (Å²) in [6.45, 7) is 0.0683. The van der Waals surface area contributed by atoms with Crippen molar-refractivity contribution in [1.82, 2.24) is 5.32 Å². The van der Waals surface area contributed by atoms with Gasteiger partial charge in [0.1, 0.15) is 5.83 Å². The van der Waals surface area contributed by atoms with Gasteiger partial charge >= 0.3 is 0 Å². The van der Waals surface area contributed by atoms with Crippen LogP contribution in [0, 0.1) is 0 Å². The Balaban J connectivity index is 2.41. The van der Waals surface area contributed by atoms with Gasteiger partial charge in [-0.25, -0.2) is 4.39 Å². The molecule has 0 aromatic heterocycles. The maximum atomic E-state index is 13.0. The number of hydrogen-bond acceptors (Lipinski definition) is 1. The van der Waals surface area contributed by atoms with Crippen LogP contribution in [0.1, 0.15) is 25.7 Å². The molecule has 0 bridgehead atoms. The van der Waals surface area contributed by atoms with Crippen molar-refractivity contribution in [1.29, 1.82) is 0 Å². The molecule has 1 N–H and O–H groups in total. The average molecular weight is 157 g/mol. The third-order valence-electron chi connectivity index (χ3n) is 1.93. The molecule has 62 valence electrons. The van der Waals surface area contributed by atoms with Gasteiger partial charge in [0, 0.05) is 0 Å². The lowest BCUT2D eigenvalue weighted by Crippen LogP contribution is -2.13. The van der Waals surface area contributed by atoms with Gasteiger partial charge in [-0.2, -0.15) is 0 Å². The van der Waals surface area contributed by atoms with Gasteiger partial charge in [0.05, 0.1) is 6.54 Å². The van der Waals surface area contributed by atoms with Crippen LogP contribution in [0.5, 0.6) is 0 Å². The SMILES string of the molecule is O=CNCC(F)=C1CCCC1. The van der Waals surface area contributed by atoms with E-state index in [-0.39, 0.29) is 12.4 Å². The molecule has 0 atom stereocenters. The van der Waals surface area contributed by atoms with Gasteiger partial charge in [0.2, 0.25) is 6.41 Å². The Bertz CT molecular complexity index is 169. The summed E-state index contributed by atoms with van der Waals surface area (Å²) in [6, 6.07) is 0. The number of nitrogens with one attached hydrogen (secondary N) is 1. The van der Waals surface area contributed by atoms with Gasteiger partial charge in [0.15, 0.2) is 0 Å². The molecule has 2 nitrogen and oxygen atoms in total. The lowest BCUT2D eigenvalue weighted by molar-refractivity contribution is -0.109. The summed E-state index contributed by atoms with van der Waals surface area (Å²) in [7, 11) is 0. The molecule has 0 aromatic carbocycles. The number of hydrogen-bond donors (Lipinski definition) is 1. The predicted octanol–water partition coefficient (Wildman–Crippen LogP) is 1.53. The van der Waals surface area contributed by atoms with Gasteiger partial charge < -0.3 is 5.32 Å². The number of allylic oxidation sites excluding steroid dienone is 1. The normalized spacial score (nSPS) is 16.6. The first-order valence-corrected chi connectivity index (χ1v) is 3.88. The molecule has 1 saturated carbocycles. The topological polar surface area (TPSA) is 29.1 Å². The Morgan fingerprint density at radius 2 is 2.18 bits per heavy atom. The molecule has 0 aliphatic heterocycles. The van der Waals surface area contributed by atoms with Gasteiger partial charge in [-0.15, -0.1) is 0 Å². The number of amides is 1. The molecule has 0 saturated heterocycles. The van der Waals surface area contributed by atoms with Gasteiger partial charge in [-0.1, -0.05) is 0 Å². The van der Waals surface area contributed by atoms with E-state index in [0.717, 1.165) is 31.3 Å². The largest absolute Gasteiger partial charge is 0.352 e. The fraction of sp³-hybridized carbons (Fsp3) is 0.625. The number of rotatable bonds is 3. The van der Waals surface area contributed by atoms with E-state index in [9.17, 15) is 9.18 Å². The minimum absolute atomic E-state index is 0.0683. The first-order valence-electron chi connectivity index (χ1n) is 3.88. The van der Waals surface area contributed by atoms with E-state index in [1.165, 1.54) is 0 Å². The number of carbonyl (C=O) groups excluding carboxylic acids is 1. The van der Waals surface area contributed by atoms with Gasteiger partial charge in [0.25, 0.3) is 0 Å². The molecule has 1 amide bonds.